The van der Waals surface area contributed by atoms with Gasteiger partial charge in [0.15, 0.2) is 0 Å². The van der Waals surface area contributed by atoms with Gasteiger partial charge in [0.1, 0.15) is 11.4 Å². The first-order valence-electron chi connectivity index (χ1n) is 8.97. The predicted molar refractivity (Wildman–Crippen MR) is 102 cm³/mol. The van der Waals surface area contributed by atoms with Gasteiger partial charge in [-0.15, -0.1) is 0 Å². The third kappa shape index (κ3) is 7.26. The standard InChI is InChI=1S/C19H26N4O5/c1-19(2,3)27-18(25)21-12-11-20-15(24)9-10-16-22-17(23-28-16)13-5-7-14(26-4)8-6-13/h5-8H,9-12H2,1-4H3,(H,20,24)(H,21,25). The quantitative estimate of drug-likeness (QED) is 0.665. The molecule has 0 saturated carbocycles. The first-order valence-corrected chi connectivity index (χ1v) is 8.97. The zero-order valence-electron chi connectivity index (χ0n) is 16.6. The van der Waals surface area contributed by atoms with Crippen molar-refractivity contribution in [2.75, 3.05) is 20.2 Å². The summed E-state index contributed by atoms with van der Waals surface area (Å²) in [5.41, 5.74) is 0.246. The SMILES string of the molecule is COc1ccc(-c2noc(CCC(=O)NCCNC(=O)OC(C)(C)C)n2)cc1. The summed E-state index contributed by atoms with van der Waals surface area (Å²) < 4.78 is 15.4. The molecule has 0 aliphatic rings. The van der Waals surface area contributed by atoms with Crippen LogP contribution < -0.4 is 15.4 Å². The summed E-state index contributed by atoms with van der Waals surface area (Å²) in [7, 11) is 1.60. The average Bonchev–Trinajstić information content (AvgIpc) is 3.11. The lowest BCUT2D eigenvalue weighted by molar-refractivity contribution is -0.121. The van der Waals surface area contributed by atoms with E-state index in [0.29, 0.717) is 24.7 Å². The van der Waals surface area contributed by atoms with E-state index >= 15 is 0 Å². The van der Waals surface area contributed by atoms with Crippen LogP contribution in [0.5, 0.6) is 5.75 Å². The lowest BCUT2D eigenvalue weighted by atomic mass is 10.2. The van der Waals surface area contributed by atoms with Crippen LogP contribution in [0.4, 0.5) is 4.79 Å². The van der Waals surface area contributed by atoms with Gasteiger partial charge in [-0.3, -0.25) is 4.79 Å². The van der Waals surface area contributed by atoms with Gasteiger partial charge in [0.2, 0.25) is 17.6 Å². The highest BCUT2D eigenvalue weighted by Crippen LogP contribution is 2.19. The molecule has 2 aromatic rings. The number of benzene rings is 1. The largest absolute Gasteiger partial charge is 0.497 e. The molecule has 2 amide bonds. The zero-order chi connectivity index (χ0) is 20.6. The number of hydrogen-bond acceptors (Lipinski definition) is 7. The number of carbonyl (C=O) groups excluding carboxylic acids is 2. The van der Waals surface area contributed by atoms with Crippen LogP contribution in [0.15, 0.2) is 28.8 Å². The smallest absolute Gasteiger partial charge is 0.407 e. The van der Waals surface area contributed by atoms with E-state index in [-0.39, 0.29) is 18.9 Å². The Morgan fingerprint density at radius 1 is 1.11 bits per heavy atom. The van der Waals surface area contributed by atoms with Crippen LogP contribution in [0.3, 0.4) is 0 Å². The van der Waals surface area contributed by atoms with Crippen LogP contribution >= 0.6 is 0 Å². The van der Waals surface area contributed by atoms with E-state index in [2.05, 4.69) is 20.8 Å². The number of nitrogens with zero attached hydrogens (tertiary/aromatic N) is 2. The molecule has 0 aliphatic heterocycles. The van der Waals surface area contributed by atoms with Crippen LogP contribution in [-0.2, 0) is 16.0 Å². The van der Waals surface area contributed by atoms with Gasteiger partial charge in [-0.25, -0.2) is 4.79 Å². The molecule has 9 nitrogen and oxygen atoms in total. The highest BCUT2D eigenvalue weighted by Gasteiger charge is 2.15. The first-order chi connectivity index (χ1) is 13.3. The normalized spacial score (nSPS) is 11.0. The Labute approximate surface area is 163 Å². The first kappa shape index (κ1) is 21.2. The van der Waals surface area contributed by atoms with Crippen LogP contribution in [0.1, 0.15) is 33.1 Å². The lowest BCUT2D eigenvalue weighted by Crippen LogP contribution is -2.37. The second-order valence-corrected chi connectivity index (χ2v) is 7.02. The molecular weight excluding hydrogens is 364 g/mol. The van der Waals surface area contributed by atoms with Gasteiger partial charge < -0.3 is 24.6 Å². The Hall–Kier alpha value is -3.10. The molecule has 0 radical (unpaired) electrons. The molecule has 152 valence electrons. The number of nitrogens with one attached hydrogen (secondary N) is 2. The van der Waals surface area contributed by atoms with Gasteiger partial charge in [0.05, 0.1) is 7.11 Å². The van der Waals surface area contributed by atoms with Gasteiger partial charge in [-0.2, -0.15) is 4.98 Å². The van der Waals surface area contributed by atoms with Gasteiger partial charge in [-0.1, -0.05) is 5.16 Å². The number of ether oxygens (including phenoxy) is 2. The number of hydrogen-bond donors (Lipinski definition) is 2. The molecule has 0 unspecified atom stereocenters. The molecule has 9 heteroatoms. The molecule has 2 N–H and O–H groups in total. The van der Waals surface area contributed by atoms with Crippen molar-refractivity contribution in [3.63, 3.8) is 0 Å². The predicted octanol–water partition coefficient (Wildman–Crippen LogP) is 2.32. The minimum absolute atomic E-state index is 0.171. The molecule has 1 aromatic heterocycles. The van der Waals surface area contributed by atoms with Gasteiger partial charge >= 0.3 is 6.09 Å². The van der Waals surface area contributed by atoms with Crippen LogP contribution in [0.2, 0.25) is 0 Å². The van der Waals surface area contributed by atoms with Crippen molar-refractivity contribution in [2.24, 2.45) is 0 Å². The molecule has 0 saturated heterocycles. The highest BCUT2D eigenvalue weighted by atomic mass is 16.6. The summed E-state index contributed by atoms with van der Waals surface area (Å²) in [6, 6.07) is 7.28. The van der Waals surface area contributed by atoms with E-state index in [1.807, 2.05) is 24.3 Å². The van der Waals surface area contributed by atoms with Gasteiger partial charge in [0.25, 0.3) is 0 Å². The highest BCUT2D eigenvalue weighted by molar-refractivity contribution is 5.76. The molecule has 0 atom stereocenters. The summed E-state index contributed by atoms with van der Waals surface area (Å²) >= 11 is 0. The summed E-state index contributed by atoms with van der Waals surface area (Å²) in [6.45, 7) is 5.94. The molecule has 1 heterocycles. The molecule has 0 spiro atoms. The van der Waals surface area contributed by atoms with Crippen molar-refractivity contribution >= 4 is 12.0 Å². The summed E-state index contributed by atoms with van der Waals surface area (Å²) in [5, 5.41) is 9.21. The van der Waals surface area contributed by atoms with Crippen LogP contribution in [0, 0.1) is 0 Å². The van der Waals surface area contributed by atoms with Crippen molar-refractivity contribution in [2.45, 2.75) is 39.2 Å². The van der Waals surface area contributed by atoms with E-state index in [9.17, 15) is 9.59 Å². The second kappa shape index (κ2) is 9.72. The Bertz CT molecular complexity index is 780. The molecule has 0 bridgehead atoms. The molecule has 0 aliphatic carbocycles. The zero-order valence-corrected chi connectivity index (χ0v) is 16.6. The van der Waals surface area contributed by atoms with Gasteiger partial charge in [0, 0.05) is 31.5 Å². The Kier molecular flexibility index (Phi) is 7.36. The molecular formula is C19H26N4O5. The number of alkyl carbamates (subject to hydrolysis) is 1. The number of aromatic nitrogens is 2. The van der Waals surface area contributed by atoms with Gasteiger partial charge in [-0.05, 0) is 45.0 Å². The Morgan fingerprint density at radius 3 is 2.43 bits per heavy atom. The lowest BCUT2D eigenvalue weighted by Gasteiger charge is -2.19. The topological polar surface area (TPSA) is 116 Å². The van der Waals surface area contributed by atoms with Crippen molar-refractivity contribution in [1.82, 2.24) is 20.8 Å². The van der Waals surface area contributed by atoms with Crippen molar-refractivity contribution in [3.05, 3.63) is 30.2 Å². The third-order valence-electron chi connectivity index (χ3n) is 3.50. The average molecular weight is 390 g/mol. The van der Waals surface area contributed by atoms with Crippen molar-refractivity contribution in [3.8, 4) is 17.1 Å². The van der Waals surface area contributed by atoms with E-state index < -0.39 is 11.7 Å². The fourth-order valence-electron chi connectivity index (χ4n) is 2.20. The summed E-state index contributed by atoms with van der Waals surface area (Å²) in [5.74, 6) is 1.41. The maximum absolute atomic E-state index is 11.9. The third-order valence-corrected chi connectivity index (χ3v) is 3.50. The Balaban J connectivity index is 1.69. The Morgan fingerprint density at radius 2 is 1.79 bits per heavy atom. The van der Waals surface area contributed by atoms with Crippen LogP contribution in [0.25, 0.3) is 11.4 Å². The van der Waals surface area contributed by atoms with E-state index in [1.54, 1.807) is 27.9 Å². The number of methoxy groups -OCH3 is 1. The number of rotatable bonds is 8. The number of amides is 2. The number of carbonyl (C=O) groups is 2. The molecule has 28 heavy (non-hydrogen) atoms. The second-order valence-electron chi connectivity index (χ2n) is 7.02. The summed E-state index contributed by atoms with van der Waals surface area (Å²) in [4.78, 5) is 27.7. The fraction of sp³-hybridized carbons (Fsp3) is 0.474. The van der Waals surface area contributed by atoms with E-state index in [1.165, 1.54) is 0 Å². The molecule has 1 aromatic carbocycles. The van der Waals surface area contributed by atoms with Crippen molar-refractivity contribution < 1.29 is 23.6 Å². The van der Waals surface area contributed by atoms with E-state index in [0.717, 1.165) is 11.3 Å². The molecule has 2 rings (SSSR count). The maximum Gasteiger partial charge on any atom is 0.407 e. The minimum Gasteiger partial charge on any atom is -0.497 e. The fourth-order valence-corrected chi connectivity index (χ4v) is 2.20. The maximum atomic E-state index is 11.9. The number of aryl methyl sites for hydroxylation is 1. The van der Waals surface area contributed by atoms with Crippen LogP contribution in [-0.4, -0.2) is 47.9 Å². The molecule has 0 fully saturated rings. The monoisotopic (exact) mass is 390 g/mol. The summed E-state index contributed by atoms with van der Waals surface area (Å²) in [6.07, 6.45) is 0.0178. The van der Waals surface area contributed by atoms with Crippen molar-refractivity contribution in [1.29, 1.82) is 0 Å². The van der Waals surface area contributed by atoms with E-state index in [4.69, 9.17) is 14.0 Å². The minimum atomic E-state index is -0.553.